The van der Waals surface area contributed by atoms with Crippen LogP contribution in [0.2, 0.25) is 0 Å². The maximum absolute atomic E-state index is 11.3. The van der Waals surface area contributed by atoms with Crippen LogP contribution < -0.4 is 0 Å². The van der Waals surface area contributed by atoms with Gasteiger partial charge in [0.1, 0.15) is 0 Å². The third kappa shape index (κ3) is 2.51. The molecule has 0 unspecified atom stereocenters. The highest BCUT2D eigenvalue weighted by molar-refractivity contribution is 5.88. The number of methoxy groups -OCH3 is 2. The van der Waals surface area contributed by atoms with Crippen LogP contribution in [0.25, 0.3) is 0 Å². The maximum Gasteiger partial charge on any atom is 0.360 e. The first-order chi connectivity index (χ1) is 7.24. The number of nitrogens with zero attached hydrogens (tertiary/aromatic N) is 3. The van der Waals surface area contributed by atoms with E-state index in [1.165, 1.54) is 18.9 Å². The van der Waals surface area contributed by atoms with Crippen molar-refractivity contribution in [3.63, 3.8) is 0 Å². The number of aliphatic hydroxyl groups excluding tert-OH is 1. The summed E-state index contributed by atoms with van der Waals surface area (Å²) in [4.78, 5) is 11.3. The molecule has 0 aromatic carbocycles. The quantitative estimate of drug-likeness (QED) is 0.647. The van der Waals surface area contributed by atoms with Gasteiger partial charge in [-0.3, -0.25) is 0 Å². The molecule has 1 aromatic heterocycles. The van der Waals surface area contributed by atoms with Crippen LogP contribution in [-0.2, 0) is 22.6 Å². The van der Waals surface area contributed by atoms with E-state index in [9.17, 15) is 4.79 Å². The number of aliphatic hydroxyl groups is 1. The second kappa shape index (κ2) is 5.42. The van der Waals surface area contributed by atoms with E-state index < -0.39 is 5.97 Å². The highest BCUT2D eigenvalue weighted by atomic mass is 16.5. The smallest absolute Gasteiger partial charge is 0.360 e. The average Bonchev–Trinajstić information content (AvgIpc) is 2.62. The first kappa shape index (κ1) is 11.6. The summed E-state index contributed by atoms with van der Waals surface area (Å²) in [5.41, 5.74) is 0.617. The molecule has 0 bridgehead atoms. The van der Waals surface area contributed by atoms with Gasteiger partial charge in [0.15, 0.2) is 5.69 Å². The zero-order valence-electron chi connectivity index (χ0n) is 8.63. The molecule has 0 aliphatic carbocycles. The van der Waals surface area contributed by atoms with Gasteiger partial charge < -0.3 is 14.6 Å². The Morgan fingerprint density at radius 2 is 2.27 bits per heavy atom. The molecular formula is C8H13N3O4. The molecule has 15 heavy (non-hydrogen) atoms. The number of hydrogen-bond acceptors (Lipinski definition) is 6. The monoisotopic (exact) mass is 215 g/mol. The second-order valence-corrected chi connectivity index (χ2v) is 2.76. The number of ether oxygens (including phenoxy) is 2. The Morgan fingerprint density at radius 3 is 2.80 bits per heavy atom. The maximum atomic E-state index is 11.3. The van der Waals surface area contributed by atoms with E-state index in [2.05, 4.69) is 15.0 Å². The normalized spacial score (nSPS) is 10.3. The van der Waals surface area contributed by atoms with Crippen molar-refractivity contribution >= 4 is 5.97 Å². The number of rotatable bonds is 5. The van der Waals surface area contributed by atoms with Gasteiger partial charge >= 0.3 is 5.97 Å². The number of carbonyl (C=O) groups excluding carboxylic acids is 1. The Labute approximate surface area is 86.6 Å². The van der Waals surface area contributed by atoms with Crippen molar-refractivity contribution < 1.29 is 19.4 Å². The van der Waals surface area contributed by atoms with Crippen LogP contribution in [0, 0.1) is 0 Å². The molecule has 7 nitrogen and oxygen atoms in total. The van der Waals surface area contributed by atoms with Gasteiger partial charge in [-0.25, -0.2) is 9.48 Å². The molecule has 0 spiro atoms. The van der Waals surface area contributed by atoms with Gasteiger partial charge in [0.2, 0.25) is 0 Å². The zero-order valence-corrected chi connectivity index (χ0v) is 8.63. The predicted molar refractivity (Wildman–Crippen MR) is 49.2 cm³/mol. The van der Waals surface area contributed by atoms with Crippen LogP contribution in [0.3, 0.4) is 0 Å². The third-order valence-corrected chi connectivity index (χ3v) is 1.81. The number of hydrogen-bond donors (Lipinski definition) is 1. The van der Waals surface area contributed by atoms with Crippen LogP contribution in [-0.4, -0.2) is 46.9 Å². The van der Waals surface area contributed by atoms with Crippen molar-refractivity contribution in [1.82, 2.24) is 15.0 Å². The van der Waals surface area contributed by atoms with Gasteiger partial charge in [0.05, 0.1) is 32.6 Å². The highest BCUT2D eigenvalue weighted by Crippen LogP contribution is 2.08. The summed E-state index contributed by atoms with van der Waals surface area (Å²) in [5, 5.41) is 16.2. The molecular weight excluding hydrogens is 202 g/mol. The zero-order chi connectivity index (χ0) is 11.3. The van der Waals surface area contributed by atoms with Gasteiger partial charge in [0, 0.05) is 7.11 Å². The first-order valence-corrected chi connectivity index (χ1v) is 4.35. The molecule has 0 fully saturated rings. The van der Waals surface area contributed by atoms with E-state index >= 15 is 0 Å². The van der Waals surface area contributed by atoms with Crippen LogP contribution in [0.1, 0.15) is 16.2 Å². The Kier molecular flexibility index (Phi) is 4.19. The van der Waals surface area contributed by atoms with Crippen molar-refractivity contribution in [3.8, 4) is 0 Å². The van der Waals surface area contributed by atoms with Crippen LogP contribution in [0.5, 0.6) is 0 Å². The van der Waals surface area contributed by atoms with Gasteiger partial charge in [0.25, 0.3) is 0 Å². The summed E-state index contributed by atoms with van der Waals surface area (Å²) >= 11 is 0. The number of esters is 1. The molecule has 1 aromatic rings. The molecule has 1 N–H and O–H groups in total. The van der Waals surface area contributed by atoms with E-state index in [4.69, 9.17) is 9.84 Å². The standard InChI is InChI=1S/C8H13N3O4/c1-14-5-6-7(8(13)15-2)9-10-11(6)3-4-12/h12H,3-5H2,1-2H3. The van der Waals surface area contributed by atoms with Crippen LogP contribution in [0.15, 0.2) is 0 Å². The largest absolute Gasteiger partial charge is 0.464 e. The summed E-state index contributed by atoms with van der Waals surface area (Å²) in [6.07, 6.45) is 0. The van der Waals surface area contributed by atoms with Crippen LogP contribution in [0.4, 0.5) is 0 Å². The minimum Gasteiger partial charge on any atom is -0.464 e. The molecule has 84 valence electrons. The molecule has 0 amide bonds. The molecule has 1 heterocycles. The Morgan fingerprint density at radius 1 is 1.53 bits per heavy atom. The lowest BCUT2D eigenvalue weighted by molar-refractivity contribution is 0.0588. The van der Waals surface area contributed by atoms with Crippen LogP contribution >= 0.6 is 0 Å². The topological polar surface area (TPSA) is 86.5 Å². The lowest BCUT2D eigenvalue weighted by Crippen LogP contribution is -2.12. The summed E-state index contributed by atoms with van der Waals surface area (Å²) in [6.45, 7) is 0.376. The van der Waals surface area contributed by atoms with Crippen molar-refractivity contribution in [2.24, 2.45) is 0 Å². The summed E-state index contributed by atoms with van der Waals surface area (Å²) in [6, 6.07) is 0. The first-order valence-electron chi connectivity index (χ1n) is 4.35. The van der Waals surface area contributed by atoms with E-state index in [1.54, 1.807) is 0 Å². The fraction of sp³-hybridized carbons (Fsp3) is 0.625. The lowest BCUT2D eigenvalue weighted by Gasteiger charge is -2.04. The van der Waals surface area contributed by atoms with Crippen molar-refractivity contribution in [1.29, 1.82) is 0 Å². The Hall–Kier alpha value is -1.47. The Balaban J connectivity index is 2.99. The SMILES string of the molecule is COCc1c(C(=O)OC)nnn1CCO. The molecule has 0 aliphatic heterocycles. The second-order valence-electron chi connectivity index (χ2n) is 2.76. The van der Waals surface area contributed by atoms with E-state index in [-0.39, 0.29) is 25.5 Å². The fourth-order valence-corrected chi connectivity index (χ4v) is 1.14. The highest BCUT2D eigenvalue weighted by Gasteiger charge is 2.19. The molecule has 0 saturated heterocycles. The Bertz CT molecular complexity index is 337. The van der Waals surface area contributed by atoms with Crippen molar-refractivity contribution in [3.05, 3.63) is 11.4 Å². The van der Waals surface area contributed by atoms with Crippen molar-refractivity contribution in [2.75, 3.05) is 20.8 Å². The van der Waals surface area contributed by atoms with Gasteiger partial charge in [-0.05, 0) is 0 Å². The molecule has 0 aliphatic rings. The molecule has 7 heteroatoms. The third-order valence-electron chi connectivity index (χ3n) is 1.81. The average molecular weight is 215 g/mol. The summed E-state index contributed by atoms with van der Waals surface area (Å²) in [7, 11) is 2.77. The van der Waals surface area contributed by atoms with Crippen molar-refractivity contribution in [2.45, 2.75) is 13.2 Å². The summed E-state index contributed by atoms with van der Waals surface area (Å²) in [5.74, 6) is -0.564. The lowest BCUT2D eigenvalue weighted by atomic mass is 10.3. The van der Waals surface area contributed by atoms with E-state index in [0.717, 1.165) is 0 Å². The number of aromatic nitrogens is 3. The minimum atomic E-state index is -0.564. The predicted octanol–water partition coefficient (Wildman–Crippen LogP) is -0.797. The van der Waals surface area contributed by atoms with Gasteiger partial charge in [-0.15, -0.1) is 5.10 Å². The molecule has 0 saturated carbocycles. The van der Waals surface area contributed by atoms with Gasteiger partial charge in [-0.2, -0.15) is 0 Å². The molecule has 0 radical (unpaired) electrons. The fourth-order valence-electron chi connectivity index (χ4n) is 1.14. The molecule has 0 atom stereocenters. The summed E-state index contributed by atoms with van der Waals surface area (Å²) < 4.78 is 10.9. The van der Waals surface area contributed by atoms with Gasteiger partial charge in [-0.1, -0.05) is 5.21 Å². The van der Waals surface area contributed by atoms with E-state index in [1.807, 2.05) is 0 Å². The minimum absolute atomic E-state index is 0.0827. The van der Waals surface area contributed by atoms with E-state index in [0.29, 0.717) is 5.69 Å². The molecule has 1 rings (SSSR count). The number of carbonyl (C=O) groups is 1.